The van der Waals surface area contributed by atoms with E-state index in [9.17, 15) is 4.39 Å². The van der Waals surface area contributed by atoms with Crippen molar-refractivity contribution in [3.8, 4) is 17.2 Å². The van der Waals surface area contributed by atoms with E-state index >= 15 is 0 Å². The molecule has 0 aliphatic carbocycles. The van der Waals surface area contributed by atoms with Gasteiger partial charge in [0.1, 0.15) is 5.82 Å². The monoisotopic (exact) mass is 245 g/mol. The Labute approximate surface area is 104 Å². The zero-order chi connectivity index (χ0) is 12.4. The molecule has 2 rings (SSSR count). The molecule has 1 nitrogen and oxygen atoms in total. The molecular formula is C14H9ClFN. The number of nitrogens with zero attached hydrogens (tertiary/aromatic N) is 1. The number of aryl methyl sites for hydroxylation is 1. The van der Waals surface area contributed by atoms with Gasteiger partial charge in [0.15, 0.2) is 0 Å². The Morgan fingerprint density at radius 3 is 2.53 bits per heavy atom. The van der Waals surface area contributed by atoms with Crippen LogP contribution in [0.2, 0.25) is 5.02 Å². The highest BCUT2D eigenvalue weighted by atomic mass is 35.5. The third-order valence-electron chi connectivity index (χ3n) is 2.58. The van der Waals surface area contributed by atoms with Crippen LogP contribution in [0.3, 0.4) is 0 Å². The molecular weight excluding hydrogens is 237 g/mol. The average Bonchev–Trinajstić information content (AvgIpc) is 2.33. The summed E-state index contributed by atoms with van der Waals surface area (Å²) in [7, 11) is 0. The van der Waals surface area contributed by atoms with Crippen molar-refractivity contribution in [2.75, 3.05) is 0 Å². The predicted molar refractivity (Wildman–Crippen MR) is 66.3 cm³/mol. The SMILES string of the molecule is Cc1cc(C#N)c(-c2ccccc2Cl)cc1F. The number of rotatable bonds is 1. The molecule has 0 N–H and O–H groups in total. The Hall–Kier alpha value is -1.85. The molecule has 0 fully saturated rings. The van der Waals surface area contributed by atoms with Crippen molar-refractivity contribution in [3.63, 3.8) is 0 Å². The third-order valence-corrected chi connectivity index (χ3v) is 2.91. The maximum absolute atomic E-state index is 13.6. The van der Waals surface area contributed by atoms with Crippen LogP contribution in [0, 0.1) is 24.1 Å². The van der Waals surface area contributed by atoms with Crippen LogP contribution in [0.5, 0.6) is 0 Å². The van der Waals surface area contributed by atoms with E-state index in [4.69, 9.17) is 16.9 Å². The number of nitriles is 1. The van der Waals surface area contributed by atoms with Crippen LogP contribution in [-0.2, 0) is 0 Å². The van der Waals surface area contributed by atoms with Crippen molar-refractivity contribution in [1.82, 2.24) is 0 Å². The summed E-state index contributed by atoms with van der Waals surface area (Å²) in [5.41, 5.74) is 2.08. The first kappa shape index (κ1) is 11.6. The van der Waals surface area contributed by atoms with Crippen LogP contribution in [0.25, 0.3) is 11.1 Å². The van der Waals surface area contributed by atoms with Crippen molar-refractivity contribution < 1.29 is 4.39 Å². The van der Waals surface area contributed by atoms with Gasteiger partial charge in [0.05, 0.1) is 11.6 Å². The first-order valence-electron chi connectivity index (χ1n) is 5.08. The summed E-state index contributed by atoms with van der Waals surface area (Å²) >= 11 is 6.05. The Kier molecular flexibility index (Phi) is 3.12. The highest BCUT2D eigenvalue weighted by molar-refractivity contribution is 6.33. The largest absolute Gasteiger partial charge is 0.207 e. The van der Waals surface area contributed by atoms with E-state index < -0.39 is 0 Å². The number of halogens is 2. The molecule has 0 saturated heterocycles. The minimum absolute atomic E-state index is 0.334. The second-order valence-corrected chi connectivity index (χ2v) is 4.15. The second-order valence-electron chi connectivity index (χ2n) is 3.74. The molecule has 0 unspecified atom stereocenters. The molecule has 0 aliphatic heterocycles. The molecule has 0 saturated carbocycles. The van der Waals surface area contributed by atoms with E-state index in [0.29, 0.717) is 27.3 Å². The molecule has 0 atom stereocenters. The van der Waals surface area contributed by atoms with Gasteiger partial charge < -0.3 is 0 Å². The highest BCUT2D eigenvalue weighted by Crippen LogP contribution is 2.31. The molecule has 17 heavy (non-hydrogen) atoms. The van der Waals surface area contributed by atoms with Gasteiger partial charge in [0.25, 0.3) is 0 Å². The average molecular weight is 246 g/mol. The van der Waals surface area contributed by atoms with E-state index in [-0.39, 0.29) is 5.82 Å². The number of hydrogen-bond acceptors (Lipinski definition) is 1. The minimum atomic E-state index is -0.334. The standard InChI is InChI=1S/C14H9ClFN/c1-9-6-10(8-17)12(7-14(9)16)11-4-2-3-5-13(11)15/h2-7H,1H3. The van der Waals surface area contributed by atoms with Crippen molar-refractivity contribution in [2.45, 2.75) is 6.92 Å². The van der Waals surface area contributed by atoms with E-state index in [1.165, 1.54) is 12.1 Å². The Morgan fingerprint density at radius 2 is 1.88 bits per heavy atom. The normalized spacial score (nSPS) is 10.0. The van der Waals surface area contributed by atoms with Gasteiger partial charge in [-0.1, -0.05) is 29.8 Å². The van der Waals surface area contributed by atoms with Gasteiger partial charge in [-0.25, -0.2) is 4.39 Å². The van der Waals surface area contributed by atoms with Gasteiger partial charge in [-0.05, 0) is 30.7 Å². The maximum Gasteiger partial charge on any atom is 0.126 e. The van der Waals surface area contributed by atoms with Gasteiger partial charge in [0, 0.05) is 16.1 Å². The lowest BCUT2D eigenvalue weighted by Gasteiger charge is -2.08. The molecule has 0 bridgehead atoms. The summed E-state index contributed by atoms with van der Waals surface area (Å²) in [6.07, 6.45) is 0. The van der Waals surface area contributed by atoms with Crippen LogP contribution in [0.4, 0.5) is 4.39 Å². The van der Waals surface area contributed by atoms with Crippen LogP contribution in [0.15, 0.2) is 36.4 Å². The number of hydrogen-bond donors (Lipinski definition) is 0. The summed E-state index contributed by atoms with van der Waals surface area (Å²) in [4.78, 5) is 0. The first-order chi connectivity index (χ1) is 8.13. The second kappa shape index (κ2) is 4.57. The Balaban J connectivity index is 2.72. The van der Waals surface area contributed by atoms with Gasteiger partial charge in [-0.3, -0.25) is 0 Å². The first-order valence-corrected chi connectivity index (χ1v) is 5.46. The molecule has 0 spiro atoms. The molecule has 0 radical (unpaired) electrons. The zero-order valence-electron chi connectivity index (χ0n) is 9.17. The summed E-state index contributed by atoms with van der Waals surface area (Å²) in [5, 5.41) is 9.58. The fourth-order valence-electron chi connectivity index (χ4n) is 1.68. The highest BCUT2D eigenvalue weighted by Gasteiger charge is 2.11. The molecule has 0 aromatic heterocycles. The fourth-order valence-corrected chi connectivity index (χ4v) is 1.91. The zero-order valence-corrected chi connectivity index (χ0v) is 9.92. The molecule has 2 aromatic rings. The lowest BCUT2D eigenvalue weighted by Crippen LogP contribution is -1.91. The predicted octanol–water partition coefficient (Wildman–Crippen LogP) is 4.33. The minimum Gasteiger partial charge on any atom is -0.207 e. The molecule has 2 aromatic carbocycles. The summed E-state index contributed by atoms with van der Waals surface area (Å²) in [6.45, 7) is 1.63. The van der Waals surface area contributed by atoms with Gasteiger partial charge in [-0.2, -0.15) is 5.26 Å². The summed E-state index contributed by atoms with van der Waals surface area (Å²) in [5.74, 6) is -0.334. The fraction of sp³-hybridized carbons (Fsp3) is 0.0714. The van der Waals surface area contributed by atoms with Crippen LogP contribution in [-0.4, -0.2) is 0 Å². The van der Waals surface area contributed by atoms with Crippen LogP contribution in [0.1, 0.15) is 11.1 Å². The maximum atomic E-state index is 13.6. The van der Waals surface area contributed by atoms with Crippen molar-refractivity contribution >= 4 is 11.6 Å². The quantitative estimate of drug-likeness (QED) is 0.734. The van der Waals surface area contributed by atoms with Gasteiger partial charge in [-0.15, -0.1) is 0 Å². The molecule has 0 amide bonds. The topological polar surface area (TPSA) is 23.8 Å². The van der Waals surface area contributed by atoms with Crippen LogP contribution < -0.4 is 0 Å². The van der Waals surface area contributed by atoms with Gasteiger partial charge >= 0.3 is 0 Å². The van der Waals surface area contributed by atoms with Crippen molar-refractivity contribution in [2.24, 2.45) is 0 Å². The Bertz CT molecular complexity index is 614. The van der Waals surface area contributed by atoms with E-state index in [1.54, 1.807) is 31.2 Å². The van der Waals surface area contributed by atoms with E-state index in [0.717, 1.165) is 0 Å². The number of benzene rings is 2. The molecule has 84 valence electrons. The smallest absolute Gasteiger partial charge is 0.126 e. The molecule has 0 aliphatic rings. The van der Waals surface area contributed by atoms with E-state index in [1.807, 2.05) is 0 Å². The molecule has 0 heterocycles. The molecule has 3 heteroatoms. The van der Waals surface area contributed by atoms with Crippen LogP contribution >= 0.6 is 11.6 Å². The van der Waals surface area contributed by atoms with Crippen molar-refractivity contribution in [3.05, 3.63) is 58.4 Å². The Morgan fingerprint density at radius 1 is 1.18 bits per heavy atom. The third kappa shape index (κ3) is 2.15. The van der Waals surface area contributed by atoms with E-state index in [2.05, 4.69) is 6.07 Å². The lowest BCUT2D eigenvalue weighted by molar-refractivity contribution is 0.619. The summed E-state index contributed by atoms with van der Waals surface area (Å²) < 4.78 is 13.6. The van der Waals surface area contributed by atoms with Crippen molar-refractivity contribution in [1.29, 1.82) is 5.26 Å². The lowest BCUT2D eigenvalue weighted by atomic mass is 9.98. The summed E-state index contributed by atoms with van der Waals surface area (Å²) in [6, 6.07) is 12.0. The van der Waals surface area contributed by atoms with Gasteiger partial charge in [0.2, 0.25) is 0 Å².